The molecule has 4 nitrogen and oxygen atoms in total. The maximum Gasteiger partial charge on any atom is 0.240 e. The van der Waals surface area contributed by atoms with E-state index < -0.39 is 0 Å². The molecule has 0 radical (unpaired) electrons. The highest BCUT2D eigenvalue weighted by Crippen LogP contribution is 2.27. The first-order valence-electron chi connectivity index (χ1n) is 7.62. The lowest BCUT2D eigenvalue weighted by atomic mass is 10.1. The number of amides is 1. The summed E-state index contributed by atoms with van der Waals surface area (Å²) >= 11 is 11.8. The number of hydrogen-bond donors (Lipinski definition) is 1. The summed E-state index contributed by atoms with van der Waals surface area (Å²) in [6.07, 6.45) is 0.765. The number of carbonyl (C=O) groups excluding carboxylic acids is 1. The number of benzene rings is 2. The zero-order chi connectivity index (χ0) is 18.2. The largest absolute Gasteiger partial charge is 0.492 e. The van der Waals surface area contributed by atoms with Crippen LogP contribution >= 0.6 is 23.2 Å². The lowest BCUT2D eigenvalue weighted by Gasteiger charge is -2.08. The molecule has 0 saturated carbocycles. The molecule has 0 atom stereocenters. The molecule has 0 saturated heterocycles. The third-order valence-electron chi connectivity index (χ3n) is 3.31. The van der Waals surface area contributed by atoms with E-state index in [-0.39, 0.29) is 18.1 Å². The van der Waals surface area contributed by atoms with Crippen molar-refractivity contribution in [3.63, 3.8) is 0 Å². The van der Waals surface area contributed by atoms with E-state index in [1.807, 2.05) is 0 Å². The van der Waals surface area contributed by atoms with Crippen LogP contribution in [-0.4, -0.2) is 18.2 Å². The zero-order valence-corrected chi connectivity index (χ0v) is 15.1. The van der Waals surface area contributed by atoms with Crippen molar-refractivity contribution >= 4 is 34.8 Å². The lowest BCUT2D eigenvalue weighted by Crippen LogP contribution is -2.19. The van der Waals surface area contributed by atoms with E-state index in [1.165, 1.54) is 12.1 Å². The maximum absolute atomic E-state index is 12.9. The van der Waals surface area contributed by atoms with Crippen LogP contribution in [0.3, 0.4) is 0 Å². The predicted molar refractivity (Wildman–Crippen MR) is 97.9 cm³/mol. The monoisotopic (exact) mass is 382 g/mol. The number of carbonyl (C=O) groups is 1. The first-order chi connectivity index (χ1) is 12.0. The number of hydrazone groups is 1. The minimum absolute atomic E-state index is 0.229. The first-order valence-corrected chi connectivity index (χ1v) is 8.38. The number of nitrogens with zero attached hydrogens (tertiary/aromatic N) is 1. The van der Waals surface area contributed by atoms with Gasteiger partial charge in [0.25, 0.3) is 0 Å². The second-order valence-corrected chi connectivity index (χ2v) is 6.11. The highest BCUT2D eigenvalue weighted by atomic mass is 35.5. The first kappa shape index (κ1) is 19.2. The minimum Gasteiger partial charge on any atom is -0.492 e. The van der Waals surface area contributed by atoms with Gasteiger partial charge in [0.05, 0.1) is 17.3 Å². The molecular formula is C18H17Cl2FN2O2. The average molecular weight is 383 g/mol. The number of nitrogens with one attached hydrogen (secondary N) is 1. The fourth-order valence-corrected chi connectivity index (χ4v) is 2.43. The molecule has 132 valence electrons. The molecule has 2 rings (SSSR count). The van der Waals surface area contributed by atoms with Gasteiger partial charge >= 0.3 is 0 Å². The zero-order valence-electron chi connectivity index (χ0n) is 13.6. The maximum atomic E-state index is 12.9. The van der Waals surface area contributed by atoms with E-state index in [1.54, 1.807) is 37.3 Å². The molecule has 0 aromatic heterocycles. The molecule has 0 fully saturated rings. The lowest BCUT2D eigenvalue weighted by molar-refractivity contribution is -0.121. The molecule has 0 aliphatic carbocycles. The number of hydrogen-bond acceptors (Lipinski definition) is 3. The van der Waals surface area contributed by atoms with Gasteiger partial charge in [-0.25, -0.2) is 9.82 Å². The molecule has 0 unspecified atom stereocenters. The summed E-state index contributed by atoms with van der Waals surface area (Å²) in [6.45, 7) is 2.08. The van der Waals surface area contributed by atoms with E-state index in [9.17, 15) is 9.18 Å². The van der Waals surface area contributed by atoms with Crippen LogP contribution in [0.25, 0.3) is 0 Å². The molecule has 0 aliphatic rings. The van der Waals surface area contributed by atoms with Crippen LogP contribution in [0, 0.1) is 5.82 Å². The Morgan fingerprint density at radius 3 is 2.60 bits per heavy atom. The highest BCUT2D eigenvalue weighted by molar-refractivity contribution is 6.35. The molecule has 2 aromatic carbocycles. The summed E-state index contributed by atoms with van der Waals surface area (Å²) in [7, 11) is 0. The Balaban J connectivity index is 1.73. The summed E-state index contributed by atoms with van der Waals surface area (Å²) in [5.74, 6) is -0.0229. The van der Waals surface area contributed by atoms with Gasteiger partial charge in [-0.05, 0) is 49.2 Å². The van der Waals surface area contributed by atoms with Gasteiger partial charge in [-0.2, -0.15) is 5.10 Å². The van der Waals surface area contributed by atoms with Crippen LogP contribution in [0.4, 0.5) is 4.39 Å². The highest BCUT2D eigenvalue weighted by Gasteiger charge is 2.05. The summed E-state index contributed by atoms with van der Waals surface area (Å²) in [6, 6.07) is 10.8. The summed E-state index contributed by atoms with van der Waals surface area (Å²) < 4.78 is 18.4. The van der Waals surface area contributed by atoms with Crippen molar-refractivity contribution < 1.29 is 13.9 Å². The molecule has 25 heavy (non-hydrogen) atoms. The minimum atomic E-state index is -0.318. The molecule has 0 bridgehead atoms. The van der Waals surface area contributed by atoms with Crippen LogP contribution in [0.15, 0.2) is 47.6 Å². The Labute approximate surface area is 155 Å². The summed E-state index contributed by atoms with van der Waals surface area (Å²) in [4.78, 5) is 11.8. The van der Waals surface area contributed by atoms with Gasteiger partial charge < -0.3 is 4.74 Å². The van der Waals surface area contributed by atoms with Crippen molar-refractivity contribution in [1.82, 2.24) is 5.43 Å². The Kier molecular flexibility index (Phi) is 7.22. The normalized spacial score (nSPS) is 11.3. The molecular weight excluding hydrogens is 366 g/mol. The molecule has 2 aromatic rings. The van der Waals surface area contributed by atoms with Crippen LogP contribution in [-0.2, 0) is 4.79 Å². The third-order valence-corrected chi connectivity index (χ3v) is 3.84. The molecule has 1 amide bonds. The fourth-order valence-electron chi connectivity index (χ4n) is 1.96. The van der Waals surface area contributed by atoms with Crippen LogP contribution in [0.5, 0.6) is 5.75 Å². The third kappa shape index (κ3) is 6.36. The average Bonchev–Trinajstić information content (AvgIpc) is 2.58. The van der Waals surface area contributed by atoms with Crippen LogP contribution < -0.4 is 10.2 Å². The Hall–Kier alpha value is -2.11. The van der Waals surface area contributed by atoms with E-state index in [0.29, 0.717) is 34.5 Å². The molecule has 0 aliphatic heterocycles. The van der Waals surface area contributed by atoms with Crippen molar-refractivity contribution in [1.29, 1.82) is 0 Å². The molecule has 1 N–H and O–H groups in total. The topological polar surface area (TPSA) is 50.7 Å². The van der Waals surface area contributed by atoms with Gasteiger partial charge in [-0.1, -0.05) is 35.3 Å². The molecule has 0 spiro atoms. The van der Waals surface area contributed by atoms with Gasteiger partial charge in [0.1, 0.15) is 11.6 Å². The smallest absolute Gasteiger partial charge is 0.240 e. The van der Waals surface area contributed by atoms with Crippen LogP contribution in [0.2, 0.25) is 10.0 Å². The van der Waals surface area contributed by atoms with Crippen molar-refractivity contribution in [3.05, 3.63) is 63.9 Å². The van der Waals surface area contributed by atoms with Crippen LogP contribution in [0.1, 0.15) is 25.3 Å². The van der Waals surface area contributed by atoms with Gasteiger partial charge in [-0.3, -0.25) is 4.79 Å². The van der Waals surface area contributed by atoms with E-state index in [2.05, 4.69) is 10.5 Å². The number of rotatable bonds is 7. The Bertz CT molecular complexity index is 764. The number of halogens is 3. The molecule has 7 heteroatoms. The van der Waals surface area contributed by atoms with Crippen molar-refractivity contribution in [2.45, 2.75) is 19.8 Å². The Morgan fingerprint density at radius 2 is 1.92 bits per heavy atom. The SMILES string of the molecule is C/C(=N/NC(=O)CCCOc1ccc(Cl)cc1Cl)c1ccc(F)cc1. The van der Waals surface area contributed by atoms with Gasteiger partial charge in [0.15, 0.2) is 0 Å². The molecule has 0 heterocycles. The number of ether oxygens (including phenoxy) is 1. The predicted octanol–water partition coefficient (Wildman–Crippen LogP) is 4.83. The fraction of sp³-hybridized carbons (Fsp3) is 0.222. The van der Waals surface area contributed by atoms with Crippen molar-refractivity contribution in [3.8, 4) is 5.75 Å². The van der Waals surface area contributed by atoms with Crippen molar-refractivity contribution in [2.24, 2.45) is 5.10 Å². The quantitative estimate of drug-likeness (QED) is 0.423. The van der Waals surface area contributed by atoms with E-state index >= 15 is 0 Å². The van der Waals surface area contributed by atoms with Gasteiger partial charge in [-0.15, -0.1) is 0 Å². The summed E-state index contributed by atoms with van der Waals surface area (Å²) in [5, 5.41) is 4.96. The summed E-state index contributed by atoms with van der Waals surface area (Å²) in [5.41, 5.74) is 3.80. The Morgan fingerprint density at radius 1 is 1.20 bits per heavy atom. The van der Waals surface area contributed by atoms with E-state index in [0.717, 1.165) is 5.56 Å². The second kappa shape index (κ2) is 9.39. The van der Waals surface area contributed by atoms with Gasteiger partial charge in [0.2, 0.25) is 5.91 Å². The standard InChI is InChI=1S/C18H17Cl2FN2O2/c1-12(13-4-7-15(21)8-5-13)22-23-18(24)3-2-10-25-17-9-6-14(19)11-16(17)20/h4-9,11H,2-3,10H2,1H3,(H,23,24)/b22-12-. The van der Waals surface area contributed by atoms with Crippen molar-refractivity contribution in [2.75, 3.05) is 6.61 Å². The van der Waals surface area contributed by atoms with Gasteiger partial charge in [0, 0.05) is 11.4 Å². The van der Waals surface area contributed by atoms with E-state index in [4.69, 9.17) is 27.9 Å². The second-order valence-electron chi connectivity index (χ2n) is 5.27.